The van der Waals surface area contributed by atoms with E-state index < -0.39 is 15.7 Å². The number of nitrogens with zero attached hydrogens (tertiary/aromatic N) is 3. The number of hydrogen-bond acceptors (Lipinski definition) is 5. The number of unbranched alkanes of at least 4 members (excludes halogenated alkanes) is 2. The molecule has 5 rings (SSSR count). The first-order valence-corrected chi connectivity index (χ1v) is 13.9. The standard InChI is InChI=1S/C28H25ClN4O3S/c1-2-3-11-18-33-26-24(30-22-16-9-10-17-23(22)31-26)25(37(35,36)19-12-5-4-6-13-19)27(33)32-28(34)20-14-7-8-15-21(20)29/h4-10,12-17H,2-3,11,18H2,1H3,(H,32,34). The molecule has 37 heavy (non-hydrogen) atoms. The molecule has 1 N–H and O–H groups in total. The first kappa shape index (κ1) is 24.9. The van der Waals surface area contributed by atoms with Crippen molar-refractivity contribution in [1.29, 1.82) is 0 Å². The Labute approximate surface area is 220 Å². The Hall–Kier alpha value is -3.75. The normalized spacial score (nSPS) is 11.7. The highest BCUT2D eigenvalue weighted by molar-refractivity contribution is 7.92. The summed E-state index contributed by atoms with van der Waals surface area (Å²) < 4.78 is 29.9. The van der Waals surface area contributed by atoms with Crippen molar-refractivity contribution in [3.63, 3.8) is 0 Å². The second-order valence-electron chi connectivity index (χ2n) is 8.67. The molecule has 2 heterocycles. The number of sulfone groups is 1. The molecule has 0 saturated carbocycles. The van der Waals surface area contributed by atoms with Crippen molar-refractivity contribution >= 4 is 55.4 Å². The van der Waals surface area contributed by atoms with Crippen molar-refractivity contribution in [2.45, 2.75) is 42.5 Å². The van der Waals surface area contributed by atoms with Crippen LogP contribution in [-0.4, -0.2) is 28.9 Å². The van der Waals surface area contributed by atoms with Crippen LogP contribution in [0.1, 0.15) is 36.5 Å². The molecule has 0 saturated heterocycles. The molecule has 2 aromatic heterocycles. The summed E-state index contributed by atoms with van der Waals surface area (Å²) in [5, 5.41) is 3.13. The summed E-state index contributed by atoms with van der Waals surface area (Å²) >= 11 is 6.29. The number of carbonyl (C=O) groups excluding carboxylic acids is 1. The van der Waals surface area contributed by atoms with Gasteiger partial charge in [-0.05, 0) is 42.8 Å². The van der Waals surface area contributed by atoms with Gasteiger partial charge in [-0.25, -0.2) is 18.4 Å². The van der Waals surface area contributed by atoms with Crippen molar-refractivity contribution in [1.82, 2.24) is 14.5 Å². The number of amides is 1. The number of aromatic nitrogens is 3. The van der Waals surface area contributed by atoms with Crippen molar-refractivity contribution < 1.29 is 13.2 Å². The second kappa shape index (κ2) is 10.3. The molecule has 0 aliphatic heterocycles. The number of benzene rings is 3. The first-order chi connectivity index (χ1) is 17.9. The summed E-state index contributed by atoms with van der Waals surface area (Å²) in [6, 6.07) is 22.1. The van der Waals surface area contributed by atoms with Crippen molar-refractivity contribution in [2.75, 3.05) is 5.32 Å². The van der Waals surface area contributed by atoms with E-state index in [1.807, 2.05) is 18.2 Å². The minimum atomic E-state index is -4.08. The van der Waals surface area contributed by atoms with Crippen LogP contribution in [0.25, 0.3) is 22.2 Å². The van der Waals surface area contributed by atoms with Crippen LogP contribution in [0.2, 0.25) is 5.02 Å². The van der Waals surface area contributed by atoms with Gasteiger partial charge in [0.25, 0.3) is 5.91 Å². The fraction of sp³-hybridized carbons (Fsp3) is 0.179. The zero-order chi connectivity index (χ0) is 26.0. The Morgan fingerprint density at radius 2 is 1.54 bits per heavy atom. The highest BCUT2D eigenvalue weighted by Gasteiger charge is 2.32. The summed E-state index contributed by atoms with van der Waals surface area (Å²) in [6.45, 7) is 2.55. The molecule has 0 unspecified atom stereocenters. The lowest BCUT2D eigenvalue weighted by atomic mass is 10.2. The molecular formula is C28H25ClN4O3S. The number of carbonyl (C=O) groups is 1. The summed E-state index contributed by atoms with van der Waals surface area (Å²) in [4.78, 5) is 23.0. The number of aryl methyl sites for hydroxylation is 1. The second-order valence-corrected chi connectivity index (χ2v) is 11.0. The number of para-hydroxylation sites is 2. The molecule has 9 heteroatoms. The van der Waals surface area contributed by atoms with E-state index in [4.69, 9.17) is 21.6 Å². The van der Waals surface area contributed by atoms with E-state index in [9.17, 15) is 13.2 Å². The van der Waals surface area contributed by atoms with Gasteiger partial charge in [-0.3, -0.25) is 4.79 Å². The van der Waals surface area contributed by atoms with E-state index in [-0.39, 0.29) is 31.7 Å². The van der Waals surface area contributed by atoms with E-state index in [2.05, 4.69) is 12.2 Å². The molecule has 3 aromatic carbocycles. The predicted molar refractivity (Wildman–Crippen MR) is 146 cm³/mol. The van der Waals surface area contributed by atoms with Crippen LogP contribution in [0.5, 0.6) is 0 Å². The van der Waals surface area contributed by atoms with Crippen LogP contribution >= 0.6 is 11.6 Å². The largest absolute Gasteiger partial charge is 0.309 e. The zero-order valence-electron chi connectivity index (χ0n) is 20.2. The molecular weight excluding hydrogens is 508 g/mol. The van der Waals surface area contributed by atoms with E-state index in [0.29, 0.717) is 23.2 Å². The number of nitrogens with one attached hydrogen (secondary N) is 1. The number of anilines is 1. The van der Waals surface area contributed by atoms with Gasteiger partial charge in [0.2, 0.25) is 9.84 Å². The lowest BCUT2D eigenvalue weighted by Crippen LogP contribution is -2.18. The highest BCUT2D eigenvalue weighted by atomic mass is 35.5. The molecule has 0 spiro atoms. The number of halogens is 1. The highest BCUT2D eigenvalue weighted by Crippen LogP contribution is 2.37. The molecule has 0 aliphatic carbocycles. The smallest absolute Gasteiger partial charge is 0.258 e. The van der Waals surface area contributed by atoms with Crippen LogP contribution in [0.3, 0.4) is 0 Å². The van der Waals surface area contributed by atoms with Gasteiger partial charge in [0.1, 0.15) is 16.2 Å². The Morgan fingerprint density at radius 1 is 0.892 bits per heavy atom. The third-order valence-corrected chi connectivity index (χ3v) is 8.31. The molecule has 0 atom stereocenters. The Balaban J connectivity index is 1.81. The average molecular weight is 533 g/mol. The van der Waals surface area contributed by atoms with Gasteiger partial charge in [-0.1, -0.05) is 73.8 Å². The maximum Gasteiger partial charge on any atom is 0.258 e. The molecule has 1 amide bonds. The van der Waals surface area contributed by atoms with Gasteiger partial charge in [0.05, 0.1) is 26.5 Å². The monoisotopic (exact) mass is 532 g/mol. The van der Waals surface area contributed by atoms with Crippen LogP contribution in [0, 0.1) is 0 Å². The predicted octanol–water partition coefficient (Wildman–Crippen LogP) is 6.51. The topological polar surface area (TPSA) is 94.0 Å². The van der Waals surface area contributed by atoms with Crippen LogP contribution < -0.4 is 5.32 Å². The summed E-state index contributed by atoms with van der Waals surface area (Å²) in [7, 11) is -4.08. The Kier molecular flexibility index (Phi) is 6.95. The minimum Gasteiger partial charge on any atom is -0.309 e. The SMILES string of the molecule is CCCCCn1c(NC(=O)c2ccccc2Cl)c(S(=O)(=O)c2ccccc2)c2nc3ccccc3nc21. The first-order valence-electron chi connectivity index (χ1n) is 12.1. The maximum absolute atomic E-state index is 14.1. The zero-order valence-corrected chi connectivity index (χ0v) is 21.8. The number of rotatable bonds is 8. The minimum absolute atomic E-state index is 0.0798. The van der Waals surface area contributed by atoms with Gasteiger partial charge in [0, 0.05) is 6.54 Å². The lowest BCUT2D eigenvalue weighted by molar-refractivity contribution is 0.102. The third-order valence-electron chi connectivity index (χ3n) is 6.17. The van der Waals surface area contributed by atoms with Gasteiger partial charge < -0.3 is 9.88 Å². The van der Waals surface area contributed by atoms with Gasteiger partial charge in [0.15, 0.2) is 5.65 Å². The molecule has 0 bridgehead atoms. The molecule has 0 radical (unpaired) electrons. The summed E-state index contributed by atoms with van der Waals surface area (Å²) in [5.41, 5.74) is 2.06. The molecule has 0 fully saturated rings. The Bertz CT molecular complexity index is 1720. The van der Waals surface area contributed by atoms with Gasteiger partial charge >= 0.3 is 0 Å². The quantitative estimate of drug-likeness (QED) is 0.230. The van der Waals surface area contributed by atoms with Crippen molar-refractivity contribution in [3.05, 3.63) is 89.4 Å². The van der Waals surface area contributed by atoms with E-state index in [1.165, 1.54) is 12.1 Å². The third kappa shape index (κ3) is 4.70. The fourth-order valence-corrected chi connectivity index (χ4v) is 6.11. The van der Waals surface area contributed by atoms with Crippen LogP contribution in [0.4, 0.5) is 5.82 Å². The summed E-state index contributed by atoms with van der Waals surface area (Å²) in [5.74, 6) is -0.380. The van der Waals surface area contributed by atoms with Crippen LogP contribution in [-0.2, 0) is 16.4 Å². The maximum atomic E-state index is 14.1. The van der Waals surface area contributed by atoms with Gasteiger partial charge in [-0.2, -0.15) is 0 Å². The molecule has 188 valence electrons. The fourth-order valence-electron chi connectivity index (χ4n) is 4.33. The molecule has 5 aromatic rings. The number of fused-ring (bicyclic) bond motifs is 2. The van der Waals surface area contributed by atoms with Gasteiger partial charge in [-0.15, -0.1) is 0 Å². The van der Waals surface area contributed by atoms with Crippen LogP contribution in [0.15, 0.2) is 88.7 Å². The molecule has 0 aliphatic rings. The Morgan fingerprint density at radius 3 is 2.24 bits per heavy atom. The molecule has 7 nitrogen and oxygen atoms in total. The lowest BCUT2D eigenvalue weighted by Gasteiger charge is -2.14. The summed E-state index contributed by atoms with van der Waals surface area (Å²) in [6.07, 6.45) is 2.68. The van der Waals surface area contributed by atoms with E-state index >= 15 is 0 Å². The van der Waals surface area contributed by atoms with Crippen molar-refractivity contribution in [2.24, 2.45) is 0 Å². The van der Waals surface area contributed by atoms with E-state index in [0.717, 1.165) is 19.3 Å². The van der Waals surface area contributed by atoms with Crippen molar-refractivity contribution in [3.8, 4) is 0 Å². The average Bonchev–Trinajstić information content (AvgIpc) is 3.20. The van der Waals surface area contributed by atoms with E-state index in [1.54, 1.807) is 53.1 Å². The number of hydrogen-bond donors (Lipinski definition) is 1.